The second kappa shape index (κ2) is 9.32. The first kappa shape index (κ1) is 25.3. The first-order chi connectivity index (χ1) is 21.0. The Kier molecular flexibility index (Phi) is 5.50. The van der Waals surface area contributed by atoms with Crippen LogP contribution in [0.4, 0.5) is 11.4 Å². The molecule has 1 saturated heterocycles. The monoisotopic (exact) mass is 570 g/mol. The summed E-state index contributed by atoms with van der Waals surface area (Å²) in [4.78, 5) is 46.2. The van der Waals surface area contributed by atoms with Crippen molar-refractivity contribution in [2.75, 3.05) is 24.1 Å². The smallest absolute Gasteiger partial charge is 0.238 e. The molecule has 0 aromatic heterocycles. The Bertz CT molecular complexity index is 1880. The van der Waals surface area contributed by atoms with E-state index in [0.29, 0.717) is 39.6 Å². The van der Waals surface area contributed by atoms with Gasteiger partial charge in [-0.1, -0.05) is 60.7 Å². The molecule has 1 fully saturated rings. The molecule has 1 spiro atoms. The largest absolute Gasteiger partial charge is 0.497 e. The van der Waals surface area contributed by atoms with Crippen molar-refractivity contribution in [2.45, 2.75) is 17.5 Å². The average molecular weight is 571 g/mol. The molecule has 4 aromatic carbocycles. The Balaban J connectivity index is 1.41. The number of benzene rings is 4. The SMILES string of the molecule is COc1cccc(C(=O)[C@@H]2[C@H](C(=O)c3ccc4c(c3)OCO4)[C@]3(C(=O)Nc4ccccc43)[C@@H]3C=Cc4ccccc4N23)c1. The van der Waals surface area contributed by atoms with Gasteiger partial charge in [-0.3, -0.25) is 14.4 Å². The van der Waals surface area contributed by atoms with Crippen molar-refractivity contribution >= 4 is 34.9 Å². The van der Waals surface area contributed by atoms with Crippen molar-refractivity contribution in [3.05, 3.63) is 119 Å². The van der Waals surface area contributed by atoms with E-state index in [2.05, 4.69) is 5.32 Å². The summed E-state index contributed by atoms with van der Waals surface area (Å²) in [5, 5.41) is 3.05. The molecule has 8 heteroatoms. The second-order valence-electron chi connectivity index (χ2n) is 11.1. The predicted molar refractivity (Wildman–Crippen MR) is 160 cm³/mol. The summed E-state index contributed by atoms with van der Waals surface area (Å²) in [7, 11) is 1.54. The lowest BCUT2D eigenvalue weighted by molar-refractivity contribution is -0.121. The van der Waals surface area contributed by atoms with Crippen molar-refractivity contribution in [3.63, 3.8) is 0 Å². The van der Waals surface area contributed by atoms with E-state index < -0.39 is 23.4 Å². The van der Waals surface area contributed by atoms with Gasteiger partial charge in [0.2, 0.25) is 12.7 Å². The van der Waals surface area contributed by atoms with Crippen LogP contribution >= 0.6 is 0 Å². The van der Waals surface area contributed by atoms with E-state index in [4.69, 9.17) is 14.2 Å². The summed E-state index contributed by atoms with van der Waals surface area (Å²) in [5.41, 5.74) is 2.35. The number of ether oxygens (including phenoxy) is 3. The molecule has 4 aliphatic heterocycles. The summed E-state index contributed by atoms with van der Waals surface area (Å²) in [5.74, 6) is -0.484. The maximum atomic E-state index is 15.0. The van der Waals surface area contributed by atoms with Gasteiger partial charge in [-0.25, -0.2) is 0 Å². The van der Waals surface area contributed by atoms with Gasteiger partial charge in [-0.05, 0) is 53.6 Å². The Labute approximate surface area is 247 Å². The van der Waals surface area contributed by atoms with Crippen LogP contribution in [0.2, 0.25) is 0 Å². The fourth-order valence-electron chi connectivity index (χ4n) is 7.30. The van der Waals surface area contributed by atoms with Gasteiger partial charge in [0.05, 0.1) is 19.1 Å². The van der Waals surface area contributed by atoms with Crippen molar-refractivity contribution in [1.82, 2.24) is 0 Å². The van der Waals surface area contributed by atoms with E-state index in [1.807, 2.05) is 65.6 Å². The lowest BCUT2D eigenvalue weighted by atomic mass is 9.64. The van der Waals surface area contributed by atoms with Gasteiger partial charge in [-0.15, -0.1) is 0 Å². The number of rotatable bonds is 5. The number of fused-ring (bicyclic) bond motifs is 7. The number of para-hydroxylation sites is 2. The molecular weight excluding hydrogens is 544 g/mol. The summed E-state index contributed by atoms with van der Waals surface area (Å²) >= 11 is 0. The van der Waals surface area contributed by atoms with Crippen LogP contribution in [0.25, 0.3) is 6.08 Å². The molecule has 4 aromatic rings. The molecule has 212 valence electrons. The number of hydrogen-bond donors (Lipinski definition) is 1. The predicted octanol–water partition coefficient (Wildman–Crippen LogP) is 5.28. The van der Waals surface area contributed by atoms with Crippen molar-refractivity contribution < 1.29 is 28.6 Å². The minimum absolute atomic E-state index is 0.0600. The Morgan fingerprint density at radius 1 is 0.884 bits per heavy atom. The summed E-state index contributed by atoms with van der Waals surface area (Å²) in [6.45, 7) is 0.0600. The van der Waals surface area contributed by atoms with E-state index in [1.54, 1.807) is 49.6 Å². The lowest BCUT2D eigenvalue weighted by Gasteiger charge is -2.37. The zero-order chi connectivity index (χ0) is 29.3. The van der Waals surface area contributed by atoms with Crippen LogP contribution < -0.4 is 24.4 Å². The molecule has 43 heavy (non-hydrogen) atoms. The number of carbonyl (C=O) groups is 3. The van der Waals surface area contributed by atoms with Crippen LogP contribution in [0.1, 0.15) is 31.8 Å². The first-order valence-corrected chi connectivity index (χ1v) is 14.1. The second-order valence-corrected chi connectivity index (χ2v) is 11.1. The molecule has 1 N–H and O–H groups in total. The molecule has 8 rings (SSSR count). The molecule has 4 heterocycles. The molecule has 4 aliphatic rings. The average Bonchev–Trinajstić information content (AvgIpc) is 3.73. The number of Topliss-reactive ketones (excluding diaryl/α,β-unsaturated/α-hetero) is 2. The zero-order valence-corrected chi connectivity index (χ0v) is 23.2. The van der Waals surface area contributed by atoms with E-state index >= 15 is 0 Å². The van der Waals surface area contributed by atoms with Crippen LogP contribution in [0.5, 0.6) is 17.2 Å². The number of anilines is 2. The maximum Gasteiger partial charge on any atom is 0.238 e. The number of methoxy groups -OCH3 is 1. The number of nitrogens with zero attached hydrogens (tertiary/aromatic N) is 1. The van der Waals surface area contributed by atoms with Gasteiger partial charge in [0.1, 0.15) is 17.2 Å². The summed E-state index contributed by atoms with van der Waals surface area (Å²) < 4.78 is 16.5. The highest BCUT2D eigenvalue weighted by molar-refractivity contribution is 6.18. The molecule has 1 amide bonds. The normalized spacial score (nSPS) is 23.9. The summed E-state index contributed by atoms with van der Waals surface area (Å²) in [6, 6.07) is 25.5. The third-order valence-corrected chi connectivity index (χ3v) is 9.10. The first-order valence-electron chi connectivity index (χ1n) is 14.1. The highest BCUT2D eigenvalue weighted by Gasteiger charge is 2.70. The highest BCUT2D eigenvalue weighted by Crippen LogP contribution is 2.58. The van der Waals surface area contributed by atoms with Crippen molar-refractivity contribution in [3.8, 4) is 17.2 Å². The maximum absolute atomic E-state index is 15.0. The van der Waals surface area contributed by atoms with Crippen LogP contribution in [-0.4, -0.2) is 43.5 Å². The van der Waals surface area contributed by atoms with Gasteiger partial charge < -0.3 is 24.4 Å². The Morgan fingerprint density at radius 3 is 2.56 bits per heavy atom. The van der Waals surface area contributed by atoms with Crippen LogP contribution in [0, 0.1) is 5.92 Å². The molecular formula is C35H26N2O6. The minimum Gasteiger partial charge on any atom is -0.497 e. The molecule has 0 bridgehead atoms. The minimum atomic E-state index is -1.40. The van der Waals surface area contributed by atoms with E-state index in [9.17, 15) is 14.4 Å². The fourth-order valence-corrected chi connectivity index (χ4v) is 7.30. The van der Waals surface area contributed by atoms with E-state index in [0.717, 1.165) is 11.3 Å². The highest BCUT2D eigenvalue weighted by atomic mass is 16.7. The topological polar surface area (TPSA) is 94.2 Å². The Hall–Kier alpha value is -5.37. The third kappa shape index (κ3) is 3.46. The molecule has 0 aliphatic carbocycles. The van der Waals surface area contributed by atoms with Crippen LogP contribution in [-0.2, 0) is 10.2 Å². The molecule has 8 nitrogen and oxygen atoms in total. The number of hydrogen-bond acceptors (Lipinski definition) is 7. The molecule has 0 unspecified atom stereocenters. The third-order valence-electron chi connectivity index (χ3n) is 9.10. The van der Waals surface area contributed by atoms with Crippen LogP contribution in [0.3, 0.4) is 0 Å². The standard InChI is InChI=1S/C35H26N2O6/c1-41-23-9-6-8-21(17-23)33(39)31-30(32(38)22-13-15-27-28(18-22)43-19-42-27)35(24-10-3-4-11-25(24)36-34(35)40)29-16-14-20-7-2-5-12-26(20)37(29)31/h2-18,29-31H,19H2,1H3,(H,36,40)/t29-,30+,31-,35+/m0/s1. The lowest BCUT2D eigenvalue weighted by Crippen LogP contribution is -2.51. The molecule has 0 radical (unpaired) electrons. The van der Waals surface area contributed by atoms with Crippen LogP contribution in [0.15, 0.2) is 97.1 Å². The van der Waals surface area contributed by atoms with Crippen molar-refractivity contribution in [2.24, 2.45) is 5.92 Å². The van der Waals surface area contributed by atoms with Gasteiger partial charge >= 0.3 is 0 Å². The van der Waals surface area contributed by atoms with E-state index in [1.165, 1.54) is 0 Å². The van der Waals surface area contributed by atoms with Gasteiger partial charge in [0.15, 0.2) is 23.1 Å². The number of ketones is 2. The number of nitrogens with one attached hydrogen (secondary N) is 1. The molecule has 4 atom stereocenters. The fraction of sp³-hybridized carbons (Fsp3) is 0.171. The summed E-state index contributed by atoms with van der Waals surface area (Å²) in [6.07, 6.45) is 3.94. The van der Waals surface area contributed by atoms with Gasteiger partial charge in [0.25, 0.3) is 0 Å². The van der Waals surface area contributed by atoms with E-state index in [-0.39, 0.29) is 24.3 Å². The molecule has 0 saturated carbocycles. The van der Waals surface area contributed by atoms with Crippen molar-refractivity contribution in [1.29, 1.82) is 0 Å². The Morgan fingerprint density at radius 2 is 1.67 bits per heavy atom. The van der Waals surface area contributed by atoms with Gasteiger partial charge in [0, 0.05) is 22.5 Å². The number of carbonyl (C=O) groups excluding carboxylic acids is 3. The zero-order valence-electron chi connectivity index (χ0n) is 23.2. The quantitative estimate of drug-likeness (QED) is 0.326. The number of amides is 1. The van der Waals surface area contributed by atoms with Gasteiger partial charge in [-0.2, -0.15) is 0 Å².